The van der Waals surface area contributed by atoms with Crippen molar-refractivity contribution in [1.82, 2.24) is 0 Å². The van der Waals surface area contributed by atoms with E-state index < -0.39 is 17.0 Å². The van der Waals surface area contributed by atoms with Crippen LogP contribution in [0.25, 0.3) is 0 Å². The number of hydrogen-bond acceptors (Lipinski definition) is 5. The number of halogens is 1. The number of ether oxygens (including phenoxy) is 2. The summed E-state index contributed by atoms with van der Waals surface area (Å²) in [5, 5.41) is 11.0. The van der Waals surface area contributed by atoms with Crippen molar-refractivity contribution in [2.75, 3.05) is 6.61 Å². The standard InChI is InChI=1S/C11H12ClNO5/c1-3-17-11(14)7(2)18-10-5-4-8(12)6-9(10)13(15)16/h4-7H,3H2,1-2H3. The summed E-state index contributed by atoms with van der Waals surface area (Å²) in [4.78, 5) is 21.5. The van der Waals surface area contributed by atoms with Crippen LogP contribution in [0.5, 0.6) is 5.75 Å². The molecule has 7 heteroatoms. The summed E-state index contributed by atoms with van der Waals surface area (Å²) in [5.41, 5.74) is -0.293. The van der Waals surface area contributed by atoms with Crippen LogP contribution >= 0.6 is 11.6 Å². The summed E-state index contributed by atoms with van der Waals surface area (Å²) in [6, 6.07) is 3.95. The quantitative estimate of drug-likeness (QED) is 0.468. The van der Waals surface area contributed by atoms with Gasteiger partial charge in [0.15, 0.2) is 11.9 Å². The number of hydrogen-bond donors (Lipinski definition) is 0. The first kappa shape index (κ1) is 14.2. The molecule has 1 atom stereocenters. The van der Waals surface area contributed by atoms with Crippen molar-refractivity contribution in [3.8, 4) is 5.75 Å². The van der Waals surface area contributed by atoms with Crippen LogP contribution in [0.4, 0.5) is 5.69 Å². The van der Waals surface area contributed by atoms with E-state index in [-0.39, 0.29) is 23.1 Å². The first-order chi connectivity index (χ1) is 8.45. The number of nitro groups is 1. The number of nitrogens with zero attached hydrogens (tertiary/aromatic N) is 1. The second-order valence-corrected chi connectivity index (χ2v) is 3.82. The number of benzene rings is 1. The number of carbonyl (C=O) groups excluding carboxylic acids is 1. The highest BCUT2D eigenvalue weighted by Gasteiger charge is 2.22. The second kappa shape index (κ2) is 6.20. The Kier molecular flexibility index (Phi) is 4.91. The van der Waals surface area contributed by atoms with E-state index in [1.54, 1.807) is 6.92 Å². The predicted molar refractivity (Wildman–Crippen MR) is 64.8 cm³/mol. The third kappa shape index (κ3) is 3.59. The molecule has 0 saturated carbocycles. The van der Waals surface area contributed by atoms with Gasteiger partial charge in [-0.05, 0) is 26.0 Å². The van der Waals surface area contributed by atoms with E-state index in [4.69, 9.17) is 21.1 Å². The van der Waals surface area contributed by atoms with Crippen molar-refractivity contribution in [3.63, 3.8) is 0 Å². The molecule has 1 aromatic carbocycles. The number of carbonyl (C=O) groups is 1. The van der Waals surface area contributed by atoms with Gasteiger partial charge in [0, 0.05) is 11.1 Å². The maximum absolute atomic E-state index is 11.4. The van der Waals surface area contributed by atoms with Gasteiger partial charge in [-0.2, -0.15) is 0 Å². The van der Waals surface area contributed by atoms with Gasteiger partial charge in [-0.3, -0.25) is 10.1 Å². The molecule has 0 N–H and O–H groups in total. The zero-order valence-corrected chi connectivity index (χ0v) is 10.6. The van der Waals surface area contributed by atoms with Gasteiger partial charge in [0.1, 0.15) is 0 Å². The van der Waals surface area contributed by atoms with Crippen molar-refractivity contribution in [2.24, 2.45) is 0 Å². The van der Waals surface area contributed by atoms with Crippen LogP contribution in [-0.2, 0) is 9.53 Å². The van der Waals surface area contributed by atoms with Gasteiger partial charge < -0.3 is 9.47 Å². The Morgan fingerprint density at radius 1 is 1.56 bits per heavy atom. The minimum absolute atomic E-state index is 0.0232. The van der Waals surface area contributed by atoms with Gasteiger partial charge in [-0.25, -0.2) is 4.79 Å². The first-order valence-corrected chi connectivity index (χ1v) is 5.60. The lowest BCUT2D eigenvalue weighted by molar-refractivity contribution is -0.386. The van der Waals surface area contributed by atoms with E-state index >= 15 is 0 Å². The van der Waals surface area contributed by atoms with Crippen LogP contribution in [0.2, 0.25) is 5.02 Å². The largest absolute Gasteiger partial charge is 0.472 e. The fourth-order valence-electron chi connectivity index (χ4n) is 1.23. The summed E-state index contributed by atoms with van der Waals surface area (Å²) in [7, 11) is 0. The maximum Gasteiger partial charge on any atom is 0.347 e. The molecule has 0 spiro atoms. The molecule has 6 nitrogen and oxygen atoms in total. The van der Waals surface area contributed by atoms with Crippen LogP contribution in [0.1, 0.15) is 13.8 Å². The topological polar surface area (TPSA) is 78.7 Å². The molecule has 0 aliphatic heterocycles. The molecule has 0 bridgehead atoms. The lowest BCUT2D eigenvalue weighted by Crippen LogP contribution is -2.26. The molecular weight excluding hydrogens is 262 g/mol. The van der Waals surface area contributed by atoms with Crippen molar-refractivity contribution >= 4 is 23.3 Å². The highest BCUT2D eigenvalue weighted by Crippen LogP contribution is 2.30. The van der Waals surface area contributed by atoms with E-state index in [0.29, 0.717) is 0 Å². The Morgan fingerprint density at radius 3 is 2.78 bits per heavy atom. The Labute approximate surface area is 109 Å². The van der Waals surface area contributed by atoms with Gasteiger partial charge >= 0.3 is 11.7 Å². The van der Waals surface area contributed by atoms with Gasteiger partial charge in [-0.15, -0.1) is 0 Å². The Balaban J connectivity index is 2.90. The zero-order valence-electron chi connectivity index (χ0n) is 9.88. The molecule has 0 heterocycles. The van der Waals surface area contributed by atoms with Crippen molar-refractivity contribution in [1.29, 1.82) is 0 Å². The summed E-state index contributed by atoms with van der Waals surface area (Å²) in [5.74, 6) is -0.605. The third-order valence-corrected chi connectivity index (χ3v) is 2.28. The van der Waals surface area contributed by atoms with Crippen molar-refractivity contribution < 1.29 is 19.2 Å². The molecule has 0 saturated heterocycles. The SMILES string of the molecule is CCOC(=O)C(C)Oc1ccc(Cl)cc1[N+](=O)[O-]. The van der Waals surface area contributed by atoms with E-state index in [1.165, 1.54) is 19.1 Å². The predicted octanol–water partition coefficient (Wildman–Crippen LogP) is 2.58. The normalized spacial score (nSPS) is 11.7. The second-order valence-electron chi connectivity index (χ2n) is 3.38. The summed E-state index contributed by atoms with van der Waals surface area (Å²) >= 11 is 5.66. The molecule has 0 amide bonds. The molecular formula is C11H12ClNO5. The van der Waals surface area contributed by atoms with Gasteiger partial charge in [0.05, 0.1) is 11.5 Å². The molecule has 0 aromatic heterocycles. The fraction of sp³-hybridized carbons (Fsp3) is 0.364. The molecule has 18 heavy (non-hydrogen) atoms. The maximum atomic E-state index is 11.4. The average molecular weight is 274 g/mol. The van der Waals surface area contributed by atoms with Crippen LogP contribution in [-0.4, -0.2) is 23.6 Å². The molecule has 1 unspecified atom stereocenters. The highest BCUT2D eigenvalue weighted by molar-refractivity contribution is 6.30. The fourth-order valence-corrected chi connectivity index (χ4v) is 1.40. The van der Waals surface area contributed by atoms with Crippen molar-refractivity contribution in [2.45, 2.75) is 20.0 Å². The van der Waals surface area contributed by atoms with E-state index in [1.807, 2.05) is 0 Å². The summed E-state index contributed by atoms with van der Waals surface area (Å²) in [6.45, 7) is 3.33. The van der Waals surface area contributed by atoms with E-state index in [2.05, 4.69) is 0 Å². The van der Waals surface area contributed by atoms with Crippen LogP contribution in [0, 0.1) is 10.1 Å². The lowest BCUT2D eigenvalue weighted by Gasteiger charge is -2.13. The average Bonchev–Trinajstić information content (AvgIpc) is 2.31. The molecule has 0 aliphatic rings. The highest BCUT2D eigenvalue weighted by atomic mass is 35.5. The Hall–Kier alpha value is -1.82. The molecule has 1 rings (SSSR count). The molecule has 0 radical (unpaired) electrons. The summed E-state index contributed by atoms with van der Waals surface area (Å²) < 4.78 is 9.94. The lowest BCUT2D eigenvalue weighted by atomic mass is 10.3. The van der Waals surface area contributed by atoms with E-state index in [0.717, 1.165) is 6.07 Å². The number of nitro benzene ring substituents is 1. The Morgan fingerprint density at radius 2 is 2.22 bits per heavy atom. The van der Waals surface area contributed by atoms with Gasteiger partial charge in [0.25, 0.3) is 0 Å². The van der Waals surface area contributed by atoms with Crippen LogP contribution in [0.3, 0.4) is 0 Å². The minimum atomic E-state index is -0.926. The monoisotopic (exact) mass is 273 g/mol. The van der Waals surface area contributed by atoms with E-state index in [9.17, 15) is 14.9 Å². The van der Waals surface area contributed by atoms with Gasteiger partial charge in [0.2, 0.25) is 0 Å². The smallest absolute Gasteiger partial charge is 0.347 e. The number of rotatable bonds is 5. The molecule has 1 aromatic rings. The Bertz CT molecular complexity index is 463. The zero-order chi connectivity index (χ0) is 13.7. The first-order valence-electron chi connectivity index (χ1n) is 5.23. The minimum Gasteiger partial charge on any atom is -0.472 e. The third-order valence-electron chi connectivity index (χ3n) is 2.04. The van der Waals surface area contributed by atoms with Gasteiger partial charge in [-0.1, -0.05) is 11.6 Å². The number of esters is 1. The van der Waals surface area contributed by atoms with Crippen LogP contribution in [0.15, 0.2) is 18.2 Å². The van der Waals surface area contributed by atoms with Crippen molar-refractivity contribution in [3.05, 3.63) is 33.3 Å². The molecule has 0 fully saturated rings. The van der Waals surface area contributed by atoms with Crippen LogP contribution < -0.4 is 4.74 Å². The summed E-state index contributed by atoms with van der Waals surface area (Å²) in [6.07, 6.45) is -0.926. The molecule has 98 valence electrons. The molecule has 0 aliphatic carbocycles.